The molecular formula is C19H13Cl2N3O2S2. The lowest BCUT2D eigenvalue weighted by molar-refractivity contribution is -0.122. The van der Waals surface area contributed by atoms with Crippen molar-refractivity contribution in [1.29, 1.82) is 0 Å². The second-order valence-electron chi connectivity index (χ2n) is 5.70. The summed E-state index contributed by atoms with van der Waals surface area (Å²) in [5.74, 6) is 1.11. The van der Waals surface area contributed by atoms with E-state index in [4.69, 9.17) is 27.6 Å². The van der Waals surface area contributed by atoms with Gasteiger partial charge in [0.15, 0.2) is 5.17 Å². The summed E-state index contributed by atoms with van der Waals surface area (Å²) in [5.41, 5.74) is 0.811. The van der Waals surface area contributed by atoms with Crippen LogP contribution in [0.2, 0.25) is 10.0 Å². The number of likely N-dealkylation sites (N-methyl/N-ethyl adjacent to an activating group) is 1. The number of hydrogen-bond donors (Lipinski definition) is 0. The van der Waals surface area contributed by atoms with Gasteiger partial charge in [-0.25, -0.2) is 4.98 Å². The minimum atomic E-state index is -0.102. The number of aromatic nitrogens is 1. The first-order valence-corrected chi connectivity index (χ1v) is 10.7. The molecule has 0 spiro atoms. The van der Waals surface area contributed by atoms with E-state index in [-0.39, 0.29) is 5.91 Å². The summed E-state index contributed by atoms with van der Waals surface area (Å²) in [4.78, 5) is 23.5. The van der Waals surface area contributed by atoms with Gasteiger partial charge in [-0.15, -0.1) is 11.3 Å². The summed E-state index contributed by atoms with van der Waals surface area (Å²) in [6.07, 6.45) is 3.41. The Balaban J connectivity index is 1.61. The van der Waals surface area contributed by atoms with Gasteiger partial charge in [0, 0.05) is 29.8 Å². The fraction of sp³-hybridized carbons (Fsp3) is 0.105. The maximum absolute atomic E-state index is 12.7. The number of amides is 1. The third kappa shape index (κ3) is 3.89. The van der Waals surface area contributed by atoms with Gasteiger partial charge in [0.2, 0.25) is 5.13 Å². The van der Waals surface area contributed by atoms with Gasteiger partial charge in [-0.1, -0.05) is 23.2 Å². The summed E-state index contributed by atoms with van der Waals surface area (Å²) >= 11 is 14.8. The number of nitrogens with zero attached hydrogens (tertiary/aromatic N) is 3. The van der Waals surface area contributed by atoms with Crippen molar-refractivity contribution < 1.29 is 9.21 Å². The highest BCUT2D eigenvalue weighted by Crippen LogP contribution is 2.35. The summed E-state index contributed by atoms with van der Waals surface area (Å²) in [5, 5.41) is 4.03. The Labute approximate surface area is 179 Å². The second kappa shape index (κ2) is 8.13. The molecule has 0 N–H and O–H groups in total. The first kappa shape index (κ1) is 19.3. The van der Waals surface area contributed by atoms with Crippen molar-refractivity contribution in [3.8, 4) is 11.3 Å². The fourth-order valence-electron chi connectivity index (χ4n) is 2.59. The van der Waals surface area contributed by atoms with E-state index in [1.54, 1.807) is 29.3 Å². The molecule has 1 amide bonds. The van der Waals surface area contributed by atoms with Crippen LogP contribution in [-0.4, -0.2) is 27.5 Å². The molecule has 1 aromatic carbocycles. The molecule has 0 saturated carbocycles. The van der Waals surface area contributed by atoms with Gasteiger partial charge in [0.1, 0.15) is 11.5 Å². The third-order valence-corrected chi connectivity index (χ3v) is 6.33. The number of furan rings is 1. The molecular weight excluding hydrogens is 437 g/mol. The molecule has 1 saturated heterocycles. The average Bonchev–Trinajstić information content (AvgIpc) is 3.41. The normalized spacial score (nSPS) is 17.2. The zero-order valence-corrected chi connectivity index (χ0v) is 17.7. The van der Waals surface area contributed by atoms with Gasteiger partial charge in [-0.3, -0.25) is 9.69 Å². The standard InChI is InChI=1S/C19H13Cl2N3O2S2/c1-2-24-17(25)16(28-19(24)23-18-22-7-8-27-18)10-12-4-6-15(26-12)11-3-5-13(20)14(21)9-11/h3-10H,2H2,1H3/b16-10+,23-19+. The van der Waals surface area contributed by atoms with Gasteiger partial charge in [0.25, 0.3) is 5.91 Å². The maximum atomic E-state index is 12.7. The van der Waals surface area contributed by atoms with Crippen molar-refractivity contribution in [1.82, 2.24) is 9.88 Å². The number of rotatable bonds is 4. The first-order valence-electron chi connectivity index (χ1n) is 8.30. The number of thioether (sulfide) groups is 1. The second-order valence-corrected chi connectivity index (χ2v) is 8.40. The van der Waals surface area contributed by atoms with Gasteiger partial charge >= 0.3 is 0 Å². The highest BCUT2D eigenvalue weighted by atomic mass is 35.5. The molecule has 9 heteroatoms. The molecule has 3 aromatic rings. The van der Waals surface area contributed by atoms with Crippen LogP contribution in [0.4, 0.5) is 5.13 Å². The highest BCUT2D eigenvalue weighted by molar-refractivity contribution is 8.18. The summed E-state index contributed by atoms with van der Waals surface area (Å²) in [6.45, 7) is 2.44. The van der Waals surface area contributed by atoms with Crippen LogP contribution in [0.15, 0.2) is 56.2 Å². The van der Waals surface area contributed by atoms with Gasteiger partial charge in [0.05, 0.1) is 15.0 Å². The van der Waals surface area contributed by atoms with Crippen molar-refractivity contribution in [2.45, 2.75) is 6.92 Å². The minimum Gasteiger partial charge on any atom is -0.457 e. The van der Waals surface area contributed by atoms with E-state index in [2.05, 4.69) is 9.98 Å². The van der Waals surface area contributed by atoms with Crippen LogP contribution < -0.4 is 0 Å². The Morgan fingerprint density at radius 2 is 2.11 bits per heavy atom. The van der Waals surface area contributed by atoms with E-state index in [9.17, 15) is 4.79 Å². The van der Waals surface area contributed by atoms with Crippen LogP contribution in [-0.2, 0) is 4.79 Å². The predicted molar refractivity (Wildman–Crippen MR) is 116 cm³/mol. The number of amidine groups is 1. The number of benzene rings is 1. The van der Waals surface area contributed by atoms with Gasteiger partial charge in [-0.2, -0.15) is 4.99 Å². The van der Waals surface area contributed by atoms with Crippen molar-refractivity contribution >= 4 is 68.6 Å². The topological polar surface area (TPSA) is 58.7 Å². The van der Waals surface area contributed by atoms with E-state index in [0.717, 1.165) is 5.56 Å². The molecule has 0 aliphatic carbocycles. The molecule has 0 atom stereocenters. The largest absolute Gasteiger partial charge is 0.457 e. The molecule has 0 bridgehead atoms. The van der Waals surface area contributed by atoms with E-state index in [1.807, 2.05) is 30.5 Å². The SMILES string of the molecule is CCN1C(=O)/C(=C\c2ccc(-c3ccc(Cl)c(Cl)c3)o2)S/C1=N/c1nccs1. The van der Waals surface area contributed by atoms with Gasteiger partial charge in [-0.05, 0) is 49.0 Å². The lowest BCUT2D eigenvalue weighted by Crippen LogP contribution is -2.28. The monoisotopic (exact) mass is 449 g/mol. The number of thiazole rings is 1. The van der Waals surface area contributed by atoms with Crippen molar-refractivity contribution in [2.75, 3.05) is 6.54 Å². The number of carbonyl (C=O) groups is 1. The van der Waals surface area contributed by atoms with Crippen molar-refractivity contribution in [2.24, 2.45) is 4.99 Å². The van der Waals surface area contributed by atoms with Crippen molar-refractivity contribution in [3.05, 3.63) is 62.6 Å². The Morgan fingerprint density at radius 1 is 1.25 bits per heavy atom. The molecule has 142 valence electrons. The molecule has 4 rings (SSSR count). The summed E-state index contributed by atoms with van der Waals surface area (Å²) in [6, 6.07) is 8.93. The van der Waals surface area contributed by atoms with Crippen LogP contribution in [0.5, 0.6) is 0 Å². The fourth-order valence-corrected chi connectivity index (χ4v) is 4.47. The molecule has 0 radical (unpaired) electrons. The van der Waals surface area contributed by atoms with Gasteiger partial charge < -0.3 is 4.42 Å². The molecule has 1 aliphatic rings. The summed E-state index contributed by atoms with van der Waals surface area (Å²) < 4.78 is 5.87. The van der Waals surface area contributed by atoms with E-state index in [1.165, 1.54) is 23.1 Å². The quantitative estimate of drug-likeness (QED) is 0.436. The van der Waals surface area contributed by atoms with Crippen LogP contribution >= 0.6 is 46.3 Å². The van der Waals surface area contributed by atoms with Crippen molar-refractivity contribution in [3.63, 3.8) is 0 Å². The van der Waals surface area contributed by atoms with Crippen LogP contribution in [0, 0.1) is 0 Å². The molecule has 3 heterocycles. The molecule has 2 aromatic heterocycles. The Bertz CT molecular complexity index is 1090. The summed E-state index contributed by atoms with van der Waals surface area (Å²) in [7, 11) is 0. The lowest BCUT2D eigenvalue weighted by Gasteiger charge is -2.11. The molecule has 1 aliphatic heterocycles. The minimum absolute atomic E-state index is 0.102. The smallest absolute Gasteiger partial charge is 0.266 e. The average molecular weight is 450 g/mol. The van der Waals surface area contributed by atoms with E-state index >= 15 is 0 Å². The molecule has 28 heavy (non-hydrogen) atoms. The van der Waals surface area contributed by atoms with E-state index < -0.39 is 0 Å². The zero-order chi connectivity index (χ0) is 19.7. The number of carbonyl (C=O) groups excluding carboxylic acids is 1. The first-order chi connectivity index (χ1) is 13.5. The van der Waals surface area contributed by atoms with Crippen LogP contribution in [0.1, 0.15) is 12.7 Å². The maximum Gasteiger partial charge on any atom is 0.266 e. The molecule has 0 unspecified atom stereocenters. The predicted octanol–water partition coefficient (Wildman–Crippen LogP) is 6.33. The van der Waals surface area contributed by atoms with Crippen LogP contribution in [0.3, 0.4) is 0 Å². The Morgan fingerprint density at radius 3 is 2.82 bits per heavy atom. The lowest BCUT2D eigenvalue weighted by atomic mass is 10.2. The van der Waals surface area contributed by atoms with E-state index in [0.29, 0.717) is 43.3 Å². The number of aliphatic imine (C=N–C) groups is 1. The zero-order valence-electron chi connectivity index (χ0n) is 14.6. The Kier molecular flexibility index (Phi) is 5.59. The van der Waals surface area contributed by atoms with Crippen LogP contribution in [0.25, 0.3) is 17.4 Å². The molecule has 1 fully saturated rings. The number of halogens is 2. The third-order valence-electron chi connectivity index (χ3n) is 3.92. The molecule has 5 nitrogen and oxygen atoms in total. The Hall–Kier alpha value is -2.06. The number of hydrogen-bond acceptors (Lipinski definition) is 6. The highest BCUT2D eigenvalue weighted by Gasteiger charge is 2.32.